The Hall–Kier alpha value is -3.43. The number of benzene rings is 1. The SMILES string of the molecule is Cc1cccc(Cl)c1NC(=O)c1cnc(Nc2cccc(NCCc3ncc[nH]3)n2)s1. The number of anilines is 4. The van der Waals surface area contributed by atoms with Crippen molar-refractivity contribution in [1.29, 1.82) is 0 Å². The van der Waals surface area contributed by atoms with Crippen molar-refractivity contribution >= 4 is 51.3 Å². The number of carbonyl (C=O) groups excluding carboxylic acids is 1. The second kappa shape index (κ2) is 9.59. The molecule has 4 aromatic rings. The number of aromatic amines is 1. The van der Waals surface area contributed by atoms with Crippen LogP contribution >= 0.6 is 22.9 Å². The molecule has 0 unspecified atom stereocenters. The van der Waals surface area contributed by atoms with Gasteiger partial charge in [0.05, 0.1) is 16.9 Å². The number of carbonyl (C=O) groups is 1. The Labute approximate surface area is 188 Å². The maximum absolute atomic E-state index is 12.6. The predicted octanol–water partition coefficient (Wildman–Crippen LogP) is 4.87. The molecule has 0 saturated heterocycles. The van der Waals surface area contributed by atoms with Crippen molar-refractivity contribution in [3.8, 4) is 0 Å². The summed E-state index contributed by atoms with van der Waals surface area (Å²) >= 11 is 7.43. The van der Waals surface area contributed by atoms with Crippen LogP contribution in [0.3, 0.4) is 0 Å². The molecular formula is C21H20ClN7OS. The number of nitrogens with one attached hydrogen (secondary N) is 4. The highest BCUT2D eigenvalue weighted by molar-refractivity contribution is 7.17. The Kier molecular flexibility index (Phi) is 6.44. The number of halogens is 1. The van der Waals surface area contributed by atoms with Crippen molar-refractivity contribution in [1.82, 2.24) is 19.9 Å². The van der Waals surface area contributed by atoms with Crippen molar-refractivity contribution in [2.75, 3.05) is 22.5 Å². The third-order valence-corrected chi connectivity index (χ3v) is 5.62. The van der Waals surface area contributed by atoms with Crippen LogP contribution in [0.15, 0.2) is 55.0 Å². The summed E-state index contributed by atoms with van der Waals surface area (Å²) in [6.45, 7) is 2.59. The Morgan fingerprint density at radius 2 is 2.00 bits per heavy atom. The maximum atomic E-state index is 12.6. The topological polar surface area (TPSA) is 108 Å². The molecule has 4 N–H and O–H groups in total. The average Bonchev–Trinajstić information content (AvgIpc) is 3.43. The van der Waals surface area contributed by atoms with Crippen LogP contribution in [0.25, 0.3) is 0 Å². The van der Waals surface area contributed by atoms with E-state index in [0.29, 0.717) is 33.1 Å². The first-order chi connectivity index (χ1) is 15.1. The second-order valence-corrected chi connectivity index (χ2v) is 8.10. The van der Waals surface area contributed by atoms with Gasteiger partial charge in [0, 0.05) is 25.4 Å². The quantitative estimate of drug-likeness (QED) is 0.303. The van der Waals surface area contributed by atoms with Crippen LogP contribution in [0.2, 0.25) is 5.02 Å². The van der Waals surface area contributed by atoms with Gasteiger partial charge >= 0.3 is 0 Å². The van der Waals surface area contributed by atoms with E-state index in [-0.39, 0.29) is 5.91 Å². The Morgan fingerprint density at radius 1 is 1.16 bits per heavy atom. The molecule has 0 fully saturated rings. The molecule has 0 spiro atoms. The fourth-order valence-electron chi connectivity index (χ4n) is 2.86. The molecule has 3 heterocycles. The summed E-state index contributed by atoms with van der Waals surface area (Å²) in [7, 11) is 0. The summed E-state index contributed by atoms with van der Waals surface area (Å²) in [6.07, 6.45) is 5.83. The lowest BCUT2D eigenvalue weighted by atomic mass is 10.2. The van der Waals surface area contributed by atoms with Crippen LogP contribution in [-0.2, 0) is 6.42 Å². The van der Waals surface area contributed by atoms with E-state index in [1.807, 2.05) is 37.3 Å². The zero-order chi connectivity index (χ0) is 21.6. The highest BCUT2D eigenvalue weighted by atomic mass is 35.5. The van der Waals surface area contributed by atoms with Gasteiger partial charge in [-0.15, -0.1) is 0 Å². The van der Waals surface area contributed by atoms with E-state index in [1.165, 1.54) is 17.5 Å². The molecule has 1 aromatic carbocycles. The summed E-state index contributed by atoms with van der Waals surface area (Å²) in [5.74, 6) is 2.02. The standard InChI is InChI=1S/C21H20ClN7OS/c1-13-4-2-5-14(22)19(13)29-20(30)15-12-26-21(31-15)28-18-7-3-6-17(27-18)23-9-8-16-24-10-11-25-16/h2-7,10-12H,8-9H2,1H3,(H,24,25)(H,29,30)(H2,23,26,27,28). The predicted molar refractivity (Wildman–Crippen MR) is 125 cm³/mol. The zero-order valence-corrected chi connectivity index (χ0v) is 18.2. The largest absolute Gasteiger partial charge is 0.370 e. The third kappa shape index (κ3) is 5.39. The van der Waals surface area contributed by atoms with Crippen molar-refractivity contribution in [3.05, 3.63) is 76.3 Å². The van der Waals surface area contributed by atoms with Crippen LogP contribution in [0, 0.1) is 6.92 Å². The van der Waals surface area contributed by atoms with Gasteiger partial charge in [-0.3, -0.25) is 4.79 Å². The molecule has 1 amide bonds. The van der Waals surface area contributed by atoms with E-state index in [4.69, 9.17) is 11.6 Å². The lowest BCUT2D eigenvalue weighted by molar-refractivity contribution is 0.103. The van der Waals surface area contributed by atoms with Crippen molar-refractivity contribution in [2.45, 2.75) is 13.3 Å². The molecule has 0 aliphatic heterocycles. The first kappa shape index (κ1) is 20.8. The van der Waals surface area contributed by atoms with E-state index in [0.717, 1.165) is 23.6 Å². The minimum absolute atomic E-state index is 0.261. The zero-order valence-electron chi connectivity index (χ0n) is 16.6. The highest BCUT2D eigenvalue weighted by Crippen LogP contribution is 2.28. The number of hydrogen-bond donors (Lipinski definition) is 4. The van der Waals surface area contributed by atoms with Crippen LogP contribution in [0.1, 0.15) is 21.1 Å². The number of amides is 1. The molecule has 0 radical (unpaired) electrons. The average molecular weight is 454 g/mol. The van der Waals surface area contributed by atoms with E-state index in [9.17, 15) is 4.79 Å². The number of imidazole rings is 1. The lowest BCUT2D eigenvalue weighted by Gasteiger charge is -2.09. The summed E-state index contributed by atoms with van der Waals surface area (Å²) in [5.41, 5.74) is 1.50. The molecule has 0 saturated carbocycles. The normalized spacial score (nSPS) is 10.6. The van der Waals surface area contributed by atoms with Gasteiger partial charge in [0.1, 0.15) is 22.3 Å². The fourth-order valence-corrected chi connectivity index (χ4v) is 3.85. The van der Waals surface area contributed by atoms with Crippen LogP contribution in [-0.4, -0.2) is 32.4 Å². The van der Waals surface area contributed by atoms with E-state index in [1.54, 1.807) is 18.5 Å². The number of aryl methyl sites for hydroxylation is 1. The van der Waals surface area contributed by atoms with Gasteiger partial charge in [0.2, 0.25) is 0 Å². The third-order valence-electron chi connectivity index (χ3n) is 4.40. The minimum atomic E-state index is -0.261. The van der Waals surface area contributed by atoms with Gasteiger partial charge in [-0.2, -0.15) is 0 Å². The van der Waals surface area contributed by atoms with Crippen LogP contribution in [0.5, 0.6) is 0 Å². The summed E-state index contributed by atoms with van der Waals surface area (Å²) in [6, 6.07) is 11.1. The number of pyridine rings is 1. The fraction of sp³-hybridized carbons (Fsp3) is 0.143. The molecule has 0 bridgehead atoms. The van der Waals surface area contributed by atoms with Crippen molar-refractivity contribution in [2.24, 2.45) is 0 Å². The van der Waals surface area contributed by atoms with Gasteiger partial charge in [-0.1, -0.05) is 41.1 Å². The Morgan fingerprint density at radius 3 is 2.81 bits per heavy atom. The number of nitrogens with zero attached hydrogens (tertiary/aromatic N) is 3. The summed E-state index contributed by atoms with van der Waals surface area (Å²) < 4.78 is 0. The molecule has 8 nitrogen and oxygen atoms in total. The summed E-state index contributed by atoms with van der Waals surface area (Å²) in [5, 5.41) is 10.3. The highest BCUT2D eigenvalue weighted by Gasteiger charge is 2.14. The van der Waals surface area contributed by atoms with Crippen LogP contribution < -0.4 is 16.0 Å². The maximum Gasteiger partial charge on any atom is 0.267 e. The van der Waals surface area contributed by atoms with E-state index >= 15 is 0 Å². The number of rotatable bonds is 8. The number of thiazole rings is 1. The van der Waals surface area contributed by atoms with E-state index < -0.39 is 0 Å². The molecule has 0 aliphatic carbocycles. The monoisotopic (exact) mass is 453 g/mol. The number of para-hydroxylation sites is 1. The van der Waals surface area contributed by atoms with Gasteiger partial charge in [-0.05, 0) is 30.7 Å². The lowest BCUT2D eigenvalue weighted by Crippen LogP contribution is -2.11. The second-order valence-electron chi connectivity index (χ2n) is 6.66. The van der Waals surface area contributed by atoms with Crippen molar-refractivity contribution in [3.63, 3.8) is 0 Å². The molecule has 31 heavy (non-hydrogen) atoms. The molecule has 158 valence electrons. The molecule has 4 rings (SSSR count). The van der Waals surface area contributed by atoms with Gasteiger partial charge in [0.25, 0.3) is 5.91 Å². The molecule has 0 atom stereocenters. The first-order valence-corrected chi connectivity index (χ1v) is 10.8. The Balaban J connectivity index is 1.36. The molecule has 10 heteroatoms. The van der Waals surface area contributed by atoms with E-state index in [2.05, 4.69) is 35.9 Å². The van der Waals surface area contributed by atoms with Crippen molar-refractivity contribution < 1.29 is 4.79 Å². The smallest absolute Gasteiger partial charge is 0.267 e. The first-order valence-electron chi connectivity index (χ1n) is 9.57. The molecular weight excluding hydrogens is 434 g/mol. The number of hydrogen-bond acceptors (Lipinski definition) is 7. The van der Waals surface area contributed by atoms with Gasteiger partial charge in [0.15, 0.2) is 5.13 Å². The Bertz CT molecular complexity index is 1160. The number of H-pyrrole nitrogens is 1. The molecule has 0 aliphatic rings. The molecule has 3 aromatic heterocycles. The van der Waals surface area contributed by atoms with Crippen LogP contribution in [0.4, 0.5) is 22.5 Å². The summed E-state index contributed by atoms with van der Waals surface area (Å²) in [4.78, 5) is 29.1. The number of aromatic nitrogens is 4. The van der Waals surface area contributed by atoms with Gasteiger partial charge < -0.3 is 20.9 Å². The minimum Gasteiger partial charge on any atom is -0.370 e. The van der Waals surface area contributed by atoms with Gasteiger partial charge in [-0.25, -0.2) is 15.0 Å².